The SMILES string of the molecule is O=C1CCC(=O)C1c1cccc(C(F)F)c1. The molecule has 0 saturated heterocycles. The number of hydrogen-bond donors (Lipinski definition) is 0. The van der Waals surface area contributed by atoms with E-state index >= 15 is 0 Å². The maximum atomic E-state index is 12.5. The second kappa shape index (κ2) is 4.12. The monoisotopic (exact) mass is 224 g/mol. The molecule has 1 aromatic rings. The highest BCUT2D eigenvalue weighted by Crippen LogP contribution is 2.30. The first-order valence-electron chi connectivity index (χ1n) is 5.03. The van der Waals surface area contributed by atoms with E-state index in [-0.39, 0.29) is 30.0 Å². The minimum Gasteiger partial charge on any atom is -0.299 e. The normalized spacial score (nSPS) is 17.4. The fourth-order valence-corrected chi connectivity index (χ4v) is 1.96. The molecule has 4 heteroatoms. The summed E-state index contributed by atoms with van der Waals surface area (Å²) in [5.41, 5.74) is 0.246. The summed E-state index contributed by atoms with van der Waals surface area (Å²) in [6.07, 6.45) is -2.13. The Balaban J connectivity index is 2.36. The molecule has 0 bridgehead atoms. The molecule has 0 atom stereocenters. The van der Waals surface area contributed by atoms with Gasteiger partial charge in [0.2, 0.25) is 0 Å². The molecule has 1 aliphatic rings. The van der Waals surface area contributed by atoms with Gasteiger partial charge in [-0.15, -0.1) is 0 Å². The van der Waals surface area contributed by atoms with E-state index in [1.165, 1.54) is 18.2 Å². The van der Waals surface area contributed by atoms with Crippen molar-refractivity contribution in [3.8, 4) is 0 Å². The van der Waals surface area contributed by atoms with Crippen molar-refractivity contribution in [2.24, 2.45) is 0 Å². The van der Waals surface area contributed by atoms with Crippen molar-refractivity contribution in [3.05, 3.63) is 35.4 Å². The number of alkyl halides is 2. The lowest BCUT2D eigenvalue weighted by molar-refractivity contribution is -0.123. The molecule has 0 radical (unpaired) electrons. The van der Waals surface area contributed by atoms with Crippen molar-refractivity contribution in [2.45, 2.75) is 25.2 Å². The Kier molecular flexibility index (Phi) is 2.81. The molecule has 0 aliphatic heterocycles. The number of halogens is 2. The summed E-state index contributed by atoms with van der Waals surface area (Å²) in [6, 6.07) is 5.54. The molecule has 16 heavy (non-hydrogen) atoms. The average molecular weight is 224 g/mol. The van der Waals surface area contributed by atoms with Crippen LogP contribution in [-0.4, -0.2) is 11.6 Å². The predicted molar refractivity (Wildman–Crippen MR) is 53.4 cm³/mol. The molecule has 1 aliphatic carbocycles. The van der Waals surface area contributed by atoms with Crippen LogP contribution in [0.3, 0.4) is 0 Å². The van der Waals surface area contributed by atoms with Gasteiger partial charge < -0.3 is 0 Å². The predicted octanol–water partition coefficient (Wildman–Crippen LogP) is 2.64. The second-order valence-electron chi connectivity index (χ2n) is 3.84. The van der Waals surface area contributed by atoms with Gasteiger partial charge in [0, 0.05) is 18.4 Å². The maximum absolute atomic E-state index is 12.5. The van der Waals surface area contributed by atoms with E-state index in [1.54, 1.807) is 6.07 Å². The maximum Gasteiger partial charge on any atom is 0.263 e. The molecule has 84 valence electrons. The van der Waals surface area contributed by atoms with E-state index in [4.69, 9.17) is 0 Å². The largest absolute Gasteiger partial charge is 0.299 e. The Morgan fingerprint density at radius 1 is 1.12 bits per heavy atom. The van der Waals surface area contributed by atoms with Crippen molar-refractivity contribution < 1.29 is 18.4 Å². The van der Waals surface area contributed by atoms with Crippen molar-refractivity contribution in [1.29, 1.82) is 0 Å². The number of ketones is 2. The summed E-state index contributed by atoms with van der Waals surface area (Å²) < 4.78 is 24.9. The van der Waals surface area contributed by atoms with Crippen LogP contribution in [0.15, 0.2) is 24.3 Å². The summed E-state index contributed by atoms with van der Waals surface area (Å²) in [5.74, 6) is -1.16. The highest BCUT2D eigenvalue weighted by molar-refractivity contribution is 6.13. The Hall–Kier alpha value is -1.58. The molecule has 0 aromatic heterocycles. The minimum absolute atomic E-state index is 0.148. The van der Waals surface area contributed by atoms with Crippen molar-refractivity contribution in [3.63, 3.8) is 0 Å². The van der Waals surface area contributed by atoms with E-state index < -0.39 is 12.3 Å². The lowest BCUT2D eigenvalue weighted by atomic mass is 9.94. The van der Waals surface area contributed by atoms with Crippen molar-refractivity contribution >= 4 is 11.6 Å². The van der Waals surface area contributed by atoms with Crippen molar-refractivity contribution in [1.82, 2.24) is 0 Å². The van der Waals surface area contributed by atoms with Gasteiger partial charge in [0.25, 0.3) is 6.43 Å². The van der Waals surface area contributed by atoms with Gasteiger partial charge in [0.05, 0.1) is 0 Å². The van der Waals surface area contributed by atoms with Crippen LogP contribution in [0.2, 0.25) is 0 Å². The lowest BCUT2D eigenvalue weighted by Gasteiger charge is -2.08. The van der Waals surface area contributed by atoms with Crippen LogP contribution >= 0.6 is 0 Å². The molecular weight excluding hydrogens is 214 g/mol. The topological polar surface area (TPSA) is 34.1 Å². The zero-order chi connectivity index (χ0) is 11.7. The van der Waals surface area contributed by atoms with Gasteiger partial charge in [-0.05, 0) is 11.6 Å². The van der Waals surface area contributed by atoms with E-state index in [0.29, 0.717) is 5.56 Å². The Labute approximate surface area is 91.3 Å². The van der Waals surface area contributed by atoms with Crippen LogP contribution in [0, 0.1) is 0 Å². The van der Waals surface area contributed by atoms with Crippen LogP contribution in [0.5, 0.6) is 0 Å². The van der Waals surface area contributed by atoms with E-state index in [0.717, 1.165) is 0 Å². The zero-order valence-electron chi connectivity index (χ0n) is 8.45. The van der Waals surface area contributed by atoms with E-state index in [2.05, 4.69) is 0 Å². The highest BCUT2D eigenvalue weighted by Gasteiger charge is 2.34. The Bertz CT molecular complexity index is 424. The fourth-order valence-electron chi connectivity index (χ4n) is 1.96. The summed E-state index contributed by atoms with van der Waals surface area (Å²) in [5, 5.41) is 0. The summed E-state index contributed by atoms with van der Waals surface area (Å²) in [7, 11) is 0. The number of benzene rings is 1. The zero-order valence-corrected chi connectivity index (χ0v) is 8.45. The molecule has 1 saturated carbocycles. The van der Waals surface area contributed by atoms with Crippen LogP contribution in [0.1, 0.15) is 36.3 Å². The van der Waals surface area contributed by atoms with Crippen molar-refractivity contribution in [2.75, 3.05) is 0 Å². The molecule has 0 unspecified atom stereocenters. The molecule has 0 N–H and O–H groups in total. The molecular formula is C12H10F2O2. The third-order valence-corrected chi connectivity index (χ3v) is 2.76. The van der Waals surface area contributed by atoms with E-state index in [1.807, 2.05) is 0 Å². The smallest absolute Gasteiger partial charge is 0.263 e. The molecule has 2 rings (SSSR count). The summed E-state index contributed by atoms with van der Waals surface area (Å²) in [4.78, 5) is 22.9. The number of carbonyl (C=O) groups is 2. The Morgan fingerprint density at radius 3 is 2.31 bits per heavy atom. The highest BCUT2D eigenvalue weighted by atomic mass is 19.3. The second-order valence-corrected chi connectivity index (χ2v) is 3.84. The minimum atomic E-state index is -2.58. The average Bonchev–Trinajstić information content (AvgIpc) is 2.59. The standard InChI is InChI=1S/C12H10F2O2/c13-12(14)8-3-1-2-7(6-8)11-9(15)4-5-10(11)16/h1-3,6,11-12H,4-5H2. The first kappa shape index (κ1) is 10.9. The molecule has 0 amide bonds. The van der Waals surface area contributed by atoms with Gasteiger partial charge in [-0.2, -0.15) is 0 Å². The van der Waals surface area contributed by atoms with Gasteiger partial charge in [-0.3, -0.25) is 9.59 Å². The van der Waals surface area contributed by atoms with Crippen LogP contribution in [-0.2, 0) is 9.59 Å². The third kappa shape index (κ3) is 1.87. The van der Waals surface area contributed by atoms with Crippen LogP contribution in [0.25, 0.3) is 0 Å². The Morgan fingerprint density at radius 2 is 1.75 bits per heavy atom. The van der Waals surface area contributed by atoms with Gasteiger partial charge in [-0.1, -0.05) is 18.2 Å². The molecule has 2 nitrogen and oxygen atoms in total. The molecule has 0 spiro atoms. The molecule has 1 fully saturated rings. The third-order valence-electron chi connectivity index (χ3n) is 2.76. The fraction of sp³-hybridized carbons (Fsp3) is 0.333. The van der Waals surface area contributed by atoms with Crippen LogP contribution < -0.4 is 0 Å². The van der Waals surface area contributed by atoms with Gasteiger partial charge in [0.15, 0.2) is 0 Å². The molecule has 0 heterocycles. The number of rotatable bonds is 2. The van der Waals surface area contributed by atoms with Gasteiger partial charge in [-0.25, -0.2) is 8.78 Å². The summed E-state index contributed by atoms with van der Waals surface area (Å²) >= 11 is 0. The quantitative estimate of drug-likeness (QED) is 0.723. The number of Topliss-reactive ketones (excluding diaryl/α,β-unsaturated/α-hetero) is 2. The lowest BCUT2D eigenvalue weighted by Crippen LogP contribution is -2.12. The number of carbonyl (C=O) groups excluding carboxylic acids is 2. The number of hydrogen-bond acceptors (Lipinski definition) is 2. The van der Waals surface area contributed by atoms with Gasteiger partial charge >= 0.3 is 0 Å². The first-order chi connectivity index (χ1) is 7.59. The first-order valence-corrected chi connectivity index (χ1v) is 5.03. The van der Waals surface area contributed by atoms with Gasteiger partial charge in [0.1, 0.15) is 17.5 Å². The van der Waals surface area contributed by atoms with E-state index in [9.17, 15) is 18.4 Å². The summed E-state index contributed by atoms with van der Waals surface area (Å²) in [6.45, 7) is 0. The molecule has 1 aromatic carbocycles. The van der Waals surface area contributed by atoms with Crippen LogP contribution in [0.4, 0.5) is 8.78 Å².